The quantitative estimate of drug-likeness (QED) is 0.392. The minimum atomic E-state index is -0.114. The standard InChI is InChI=1S/C24H26Br2N2O2S/c1-15-8-6-7-11-20(15)28-23(29)21(31-24(28)27-17-9-4-3-5-10-17)14-16-12-18(25)22(30-2)19(26)13-16/h3-5,9-10,12-15,20,24,27H,6-8,11H2,1-2H3/b21-14-/t15-,20+,24?/m0/s1. The summed E-state index contributed by atoms with van der Waals surface area (Å²) in [5.74, 6) is 1.36. The van der Waals surface area contributed by atoms with E-state index in [-0.39, 0.29) is 17.4 Å². The Bertz CT molecular complexity index is 960. The molecule has 1 unspecified atom stereocenters. The van der Waals surface area contributed by atoms with Crippen molar-refractivity contribution in [3.8, 4) is 5.75 Å². The lowest BCUT2D eigenvalue weighted by Crippen LogP contribution is -2.48. The molecule has 164 valence electrons. The van der Waals surface area contributed by atoms with E-state index in [4.69, 9.17) is 4.74 Å². The Morgan fingerprint density at radius 1 is 1.13 bits per heavy atom. The van der Waals surface area contributed by atoms with Crippen LogP contribution in [0.5, 0.6) is 5.75 Å². The molecule has 2 aromatic carbocycles. The molecule has 4 nitrogen and oxygen atoms in total. The molecule has 1 heterocycles. The maximum absolute atomic E-state index is 13.6. The van der Waals surface area contributed by atoms with E-state index >= 15 is 0 Å². The van der Waals surface area contributed by atoms with Gasteiger partial charge >= 0.3 is 0 Å². The van der Waals surface area contributed by atoms with Gasteiger partial charge in [-0.25, -0.2) is 0 Å². The van der Waals surface area contributed by atoms with Gasteiger partial charge in [0.25, 0.3) is 5.91 Å². The Kier molecular flexibility index (Phi) is 7.34. The average Bonchev–Trinajstić information content (AvgIpc) is 3.03. The van der Waals surface area contributed by atoms with Gasteiger partial charge < -0.3 is 15.0 Å². The van der Waals surface area contributed by atoms with Gasteiger partial charge in [0.1, 0.15) is 5.75 Å². The van der Waals surface area contributed by atoms with Crippen LogP contribution in [-0.2, 0) is 4.79 Å². The number of anilines is 1. The minimum Gasteiger partial charge on any atom is -0.494 e. The molecule has 0 bridgehead atoms. The lowest BCUT2D eigenvalue weighted by atomic mass is 9.85. The van der Waals surface area contributed by atoms with Gasteiger partial charge in [-0.05, 0) is 86.5 Å². The first kappa shape index (κ1) is 22.7. The first-order valence-electron chi connectivity index (χ1n) is 10.5. The van der Waals surface area contributed by atoms with Crippen LogP contribution in [0.25, 0.3) is 6.08 Å². The molecule has 0 aromatic heterocycles. The lowest BCUT2D eigenvalue weighted by Gasteiger charge is -2.39. The van der Waals surface area contributed by atoms with Crippen LogP contribution in [-0.4, -0.2) is 29.5 Å². The zero-order valence-electron chi connectivity index (χ0n) is 17.6. The van der Waals surface area contributed by atoms with Crippen LogP contribution in [0.4, 0.5) is 5.69 Å². The van der Waals surface area contributed by atoms with Crippen molar-refractivity contribution >= 4 is 61.3 Å². The molecule has 2 fully saturated rings. The predicted molar refractivity (Wildman–Crippen MR) is 136 cm³/mol. The predicted octanol–water partition coefficient (Wildman–Crippen LogP) is 7.11. The second-order valence-electron chi connectivity index (χ2n) is 8.05. The highest BCUT2D eigenvalue weighted by atomic mass is 79.9. The van der Waals surface area contributed by atoms with Crippen molar-refractivity contribution in [2.45, 2.75) is 44.1 Å². The number of para-hydroxylation sites is 1. The average molecular weight is 566 g/mol. The fraction of sp³-hybridized carbons (Fsp3) is 0.375. The third-order valence-corrected chi connectivity index (χ3v) is 8.24. The number of carbonyl (C=O) groups excluding carboxylic acids is 1. The van der Waals surface area contributed by atoms with Crippen molar-refractivity contribution in [1.82, 2.24) is 4.90 Å². The zero-order chi connectivity index (χ0) is 22.0. The smallest absolute Gasteiger partial charge is 0.262 e. The third kappa shape index (κ3) is 4.99. The number of benzene rings is 2. The van der Waals surface area contributed by atoms with Crippen LogP contribution in [0.15, 0.2) is 56.3 Å². The van der Waals surface area contributed by atoms with Crippen LogP contribution in [0.1, 0.15) is 38.2 Å². The number of nitrogens with zero attached hydrogens (tertiary/aromatic N) is 1. The molecule has 1 saturated heterocycles. The Labute approximate surface area is 205 Å². The fourth-order valence-corrected chi connectivity index (χ4v) is 7.13. The highest BCUT2D eigenvalue weighted by Gasteiger charge is 2.42. The van der Waals surface area contributed by atoms with Gasteiger partial charge in [0, 0.05) is 11.7 Å². The molecule has 1 saturated carbocycles. The fourth-order valence-electron chi connectivity index (χ4n) is 4.38. The highest BCUT2D eigenvalue weighted by Crippen LogP contribution is 2.43. The number of amides is 1. The van der Waals surface area contributed by atoms with Crippen LogP contribution in [0.3, 0.4) is 0 Å². The van der Waals surface area contributed by atoms with Gasteiger partial charge in [0.2, 0.25) is 0 Å². The van der Waals surface area contributed by atoms with E-state index in [1.807, 2.05) is 48.5 Å². The Morgan fingerprint density at radius 2 is 1.81 bits per heavy atom. The van der Waals surface area contributed by atoms with Crippen molar-refractivity contribution in [2.24, 2.45) is 5.92 Å². The summed E-state index contributed by atoms with van der Waals surface area (Å²) in [6.07, 6.45) is 6.65. The van der Waals surface area contributed by atoms with Crippen LogP contribution >= 0.6 is 43.6 Å². The van der Waals surface area contributed by atoms with Crippen molar-refractivity contribution < 1.29 is 9.53 Å². The number of rotatable bonds is 5. The van der Waals surface area contributed by atoms with Crippen LogP contribution in [0, 0.1) is 5.92 Å². The van der Waals surface area contributed by atoms with E-state index in [0.29, 0.717) is 5.92 Å². The van der Waals surface area contributed by atoms with Crippen molar-refractivity contribution in [3.63, 3.8) is 0 Å². The van der Waals surface area contributed by atoms with E-state index in [1.165, 1.54) is 19.3 Å². The molecular formula is C24H26Br2N2O2S. The molecule has 7 heteroatoms. The number of carbonyl (C=O) groups is 1. The summed E-state index contributed by atoms with van der Waals surface area (Å²) in [5.41, 5.74) is 1.86. The number of hydrogen-bond acceptors (Lipinski definition) is 4. The molecule has 0 radical (unpaired) electrons. The number of hydrogen-bond donors (Lipinski definition) is 1. The summed E-state index contributed by atoms with van der Waals surface area (Å²) in [6.45, 7) is 2.28. The van der Waals surface area contributed by atoms with Gasteiger partial charge in [-0.1, -0.05) is 49.7 Å². The Hall–Kier alpha value is -1.44. The van der Waals surface area contributed by atoms with E-state index in [0.717, 1.165) is 37.3 Å². The summed E-state index contributed by atoms with van der Waals surface area (Å²) >= 11 is 8.72. The van der Waals surface area contributed by atoms with Gasteiger partial charge in [-0.3, -0.25) is 4.79 Å². The summed E-state index contributed by atoms with van der Waals surface area (Å²) in [5, 5.41) is 3.58. The molecule has 4 rings (SSSR count). The topological polar surface area (TPSA) is 41.6 Å². The van der Waals surface area contributed by atoms with Crippen molar-refractivity contribution in [2.75, 3.05) is 12.4 Å². The first-order chi connectivity index (χ1) is 15.0. The number of nitrogens with one attached hydrogen (secondary N) is 1. The molecule has 3 atom stereocenters. The SMILES string of the molecule is COc1c(Br)cc(/C=C2\SC(Nc3ccccc3)N([C@@H]3CCCC[C@@H]3C)C2=O)cc1Br. The monoisotopic (exact) mass is 564 g/mol. The number of ether oxygens (including phenoxy) is 1. The molecule has 31 heavy (non-hydrogen) atoms. The largest absolute Gasteiger partial charge is 0.494 e. The van der Waals surface area contributed by atoms with E-state index in [1.54, 1.807) is 18.9 Å². The molecule has 1 aliphatic heterocycles. The molecular weight excluding hydrogens is 540 g/mol. The van der Waals surface area contributed by atoms with Gasteiger partial charge in [-0.2, -0.15) is 0 Å². The Balaban J connectivity index is 1.66. The molecule has 1 aliphatic carbocycles. The van der Waals surface area contributed by atoms with Crippen molar-refractivity contribution in [3.05, 3.63) is 61.9 Å². The summed E-state index contributed by atoms with van der Waals surface area (Å²) in [6, 6.07) is 14.4. The van der Waals surface area contributed by atoms with Gasteiger partial charge in [0.05, 0.1) is 21.0 Å². The second-order valence-corrected chi connectivity index (χ2v) is 10.9. The first-order valence-corrected chi connectivity index (χ1v) is 13.0. The number of thioether (sulfide) groups is 1. The van der Waals surface area contributed by atoms with Crippen LogP contribution in [0.2, 0.25) is 0 Å². The van der Waals surface area contributed by atoms with E-state index < -0.39 is 0 Å². The van der Waals surface area contributed by atoms with Crippen molar-refractivity contribution in [1.29, 1.82) is 0 Å². The number of methoxy groups -OCH3 is 1. The zero-order valence-corrected chi connectivity index (χ0v) is 21.6. The van der Waals surface area contributed by atoms with E-state index in [9.17, 15) is 4.79 Å². The summed E-state index contributed by atoms with van der Waals surface area (Å²) < 4.78 is 7.11. The lowest BCUT2D eigenvalue weighted by molar-refractivity contribution is -0.129. The minimum absolute atomic E-state index is 0.111. The molecule has 2 aliphatic rings. The molecule has 1 amide bonds. The summed E-state index contributed by atoms with van der Waals surface area (Å²) in [7, 11) is 1.64. The van der Waals surface area contributed by atoms with Gasteiger partial charge in [-0.15, -0.1) is 0 Å². The molecule has 0 spiro atoms. The van der Waals surface area contributed by atoms with Crippen LogP contribution < -0.4 is 10.1 Å². The number of halogens is 2. The van der Waals surface area contributed by atoms with E-state index in [2.05, 4.69) is 49.0 Å². The normalized spacial score (nSPS) is 25.2. The Morgan fingerprint density at radius 3 is 2.45 bits per heavy atom. The third-order valence-electron chi connectivity index (χ3n) is 5.95. The maximum Gasteiger partial charge on any atom is 0.262 e. The van der Waals surface area contributed by atoms with Gasteiger partial charge in [0.15, 0.2) is 5.50 Å². The highest BCUT2D eigenvalue weighted by molar-refractivity contribution is 9.11. The second kappa shape index (κ2) is 10.0. The molecule has 2 aromatic rings. The molecule has 1 N–H and O–H groups in total. The summed E-state index contributed by atoms with van der Waals surface area (Å²) in [4.78, 5) is 16.4. The maximum atomic E-state index is 13.6.